The Labute approximate surface area is 251 Å². The number of aliphatic hydroxyl groups excluding tert-OH is 1. The van der Waals surface area contributed by atoms with E-state index < -0.39 is 13.9 Å². The van der Waals surface area contributed by atoms with Crippen LogP contribution < -0.4 is 0 Å². The molecule has 3 nitrogen and oxygen atoms in total. The van der Waals surface area contributed by atoms with Gasteiger partial charge >= 0.3 is 33.0 Å². The van der Waals surface area contributed by atoms with Gasteiger partial charge < -0.3 is 9.59 Å². The van der Waals surface area contributed by atoms with Gasteiger partial charge in [-0.2, -0.15) is 0 Å². The molecule has 1 aromatic heterocycles. The van der Waals surface area contributed by atoms with Crippen molar-refractivity contribution < 1.29 is 34.8 Å². The van der Waals surface area contributed by atoms with Gasteiger partial charge in [0.05, 0.1) is 18.6 Å². The summed E-state index contributed by atoms with van der Waals surface area (Å²) in [5.74, 6) is 1.09. The summed E-state index contributed by atoms with van der Waals surface area (Å²) in [5, 5.41) is 18.4. The van der Waals surface area contributed by atoms with Crippen LogP contribution >= 0.6 is 7.81 Å². The van der Waals surface area contributed by atoms with Crippen molar-refractivity contribution in [2.24, 2.45) is 11.8 Å². The molecule has 8 rings (SSSR count). The van der Waals surface area contributed by atoms with Gasteiger partial charge in [0.25, 0.3) is 0 Å². The van der Waals surface area contributed by atoms with Gasteiger partial charge in [0.1, 0.15) is 18.7 Å². The summed E-state index contributed by atoms with van der Waals surface area (Å²) in [6, 6.07) is 30.3. The number of pyridine rings is 1. The van der Waals surface area contributed by atoms with E-state index in [9.17, 15) is 30.3 Å². The average Bonchev–Trinajstić information content (AvgIpc) is 2.99. The minimum atomic E-state index is -10.7. The maximum atomic E-state index is 12.1. The Kier molecular flexibility index (Phi) is 7.11. The molecule has 4 aromatic carbocycles. The second-order valence-corrected chi connectivity index (χ2v) is 14.1. The number of quaternary nitrogens is 1. The van der Waals surface area contributed by atoms with E-state index >= 15 is 0 Å². The molecular formula is C34H33F6N2OP. The second-order valence-electron chi connectivity index (χ2n) is 12.2. The van der Waals surface area contributed by atoms with Crippen molar-refractivity contribution in [1.29, 1.82) is 0 Å². The van der Waals surface area contributed by atoms with Gasteiger partial charge in [-0.1, -0.05) is 72.8 Å². The second kappa shape index (κ2) is 10.3. The van der Waals surface area contributed by atoms with E-state index in [1.165, 1.54) is 33.5 Å². The van der Waals surface area contributed by atoms with Crippen molar-refractivity contribution in [3.8, 4) is 0 Å². The fourth-order valence-electron chi connectivity index (χ4n) is 7.56. The van der Waals surface area contributed by atoms with E-state index in [0.29, 0.717) is 11.8 Å². The molecule has 1 unspecified atom stereocenters. The zero-order valence-electron chi connectivity index (χ0n) is 23.8. The number of hydrogen-bond acceptors (Lipinski definition) is 2. The number of aliphatic hydroxyl groups is 1. The minimum absolute atomic E-state index is 0.137. The number of fused-ring (bicyclic) bond motifs is 6. The Bertz CT molecular complexity index is 1810. The quantitative estimate of drug-likeness (QED) is 0.0689. The van der Waals surface area contributed by atoms with Crippen LogP contribution in [0.25, 0.3) is 32.4 Å². The predicted octanol–water partition coefficient (Wildman–Crippen LogP) is 10.6. The number of para-hydroxylation sites is 1. The third-order valence-electron chi connectivity index (χ3n) is 9.40. The molecule has 0 radical (unpaired) electrons. The zero-order chi connectivity index (χ0) is 31.4. The van der Waals surface area contributed by atoms with E-state index in [4.69, 9.17) is 0 Å². The van der Waals surface area contributed by atoms with Crippen LogP contribution in [-0.4, -0.2) is 33.7 Å². The first-order valence-corrected chi connectivity index (χ1v) is 16.6. The zero-order valence-corrected chi connectivity index (χ0v) is 24.7. The molecule has 3 aliphatic rings. The van der Waals surface area contributed by atoms with Crippen molar-refractivity contribution in [1.82, 2.24) is 4.98 Å². The Balaban J connectivity index is 0.000000441. The topological polar surface area (TPSA) is 33.1 Å². The first-order chi connectivity index (χ1) is 20.6. The number of rotatable bonds is 5. The number of benzene rings is 4. The molecule has 0 saturated carbocycles. The van der Waals surface area contributed by atoms with Gasteiger partial charge in [0.15, 0.2) is 0 Å². The van der Waals surface area contributed by atoms with E-state index in [1.807, 2.05) is 30.5 Å². The Morgan fingerprint density at radius 3 is 2.05 bits per heavy atom. The van der Waals surface area contributed by atoms with Gasteiger partial charge in [-0.25, -0.2) is 0 Å². The SMILES string of the molecule is C=C[C@@H]1C[N+]2(Cc3c4ccccc4cc4ccccc34)CC[C@H]1C[C@H]2[C@H](O)c1ccnc2ccccc12.F[P-](F)(F)(F)(F)F. The number of hydrogen-bond donors (Lipinski definition) is 1. The maximum absolute atomic E-state index is 12.1. The van der Waals surface area contributed by atoms with Crippen molar-refractivity contribution >= 4 is 40.3 Å². The van der Waals surface area contributed by atoms with Crippen LogP contribution in [0.4, 0.5) is 25.2 Å². The first-order valence-electron chi connectivity index (χ1n) is 14.6. The fraction of sp³-hybridized carbons (Fsp3) is 0.265. The molecule has 3 saturated heterocycles. The average molecular weight is 631 g/mol. The van der Waals surface area contributed by atoms with Crippen LogP contribution in [0.15, 0.2) is 104 Å². The molecule has 4 heterocycles. The molecule has 0 spiro atoms. The molecule has 2 bridgehead atoms. The normalized spacial score (nSPS) is 25.6. The number of aromatic nitrogens is 1. The monoisotopic (exact) mass is 630 g/mol. The summed E-state index contributed by atoms with van der Waals surface area (Å²) in [7, 11) is -10.7. The molecule has 5 atom stereocenters. The van der Waals surface area contributed by atoms with Gasteiger partial charge in [0, 0.05) is 35.9 Å². The van der Waals surface area contributed by atoms with Crippen LogP contribution in [0.1, 0.15) is 30.1 Å². The van der Waals surface area contributed by atoms with E-state index in [2.05, 4.69) is 78.3 Å². The molecule has 5 aromatic rings. The molecular weight excluding hydrogens is 597 g/mol. The van der Waals surface area contributed by atoms with Gasteiger partial charge in [0.2, 0.25) is 0 Å². The van der Waals surface area contributed by atoms with Crippen molar-refractivity contribution in [3.63, 3.8) is 0 Å². The Morgan fingerprint density at radius 2 is 1.43 bits per heavy atom. The predicted molar refractivity (Wildman–Crippen MR) is 166 cm³/mol. The van der Waals surface area contributed by atoms with Gasteiger partial charge in [-0.15, -0.1) is 6.58 Å². The van der Waals surface area contributed by atoms with Crippen LogP contribution in [0.3, 0.4) is 0 Å². The van der Waals surface area contributed by atoms with Crippen molar-refractivity contribution in [3.05, 3.63) is 115 Å². The molecule has 3 fully saturated rings. The summed E-state index contributed by atoms with van der Waals surface area (Å²) in [6.45, 7) is 7.28. The number of halogens is 6. The third-order valence-corrected chi connectivity index (χ3v) is 9.40. The fourth-order valence-corrected chi connectivity index (χ4v) is 7.56. The van der Waals surface area contributed by atoms with E-state index in [-0.39, 0.29) is 6.04 Å². The summed E-state index contributed by atoms with van der Waals surface area (Å²) < 4.78 is 60.1. The summed E-state index contributed by atoms with van der Waals surface area (Å²) in [5.41, 5.74) is 3.37. The molecule has 10 heteroatoms. The first kappa shape index (κ1) is 30.5. The van der Waals surface area contributed by atoms with Crippen molar-refractivity contribution in [2.75, 3.05) is 13.1 Å². The standard InChI is InChI=1S/C34H33N2O.F6P/c1-2-23-21-36(22-31-27-11-5-3-9-25(27)19-26-10-4-6-12-28(26)31)18-16-24(23)20-33(36)34(37)30-15-17-35-32-14-8-7-13-29(30)32;1-7(2,3,4,5)6/h2-15,17,19,23-24,33-34,37H,1,16,18,20-22H2;/q+1;-1/t23-,24+,33+,34-,36?;/m1./s1. The third kappa shape index (κ3) is 6.46. The van der Waals surface area contributed by atoms with Crippen molar-refractivity contribution in [2.45, 2.75) is 31.5 Å². The van der Waals surface area contributed by atoms with Gasteiger partial charge in [-0.3, -0.25) is 4.98 Å². The van der Waals surface area contributed by atoms with Crippen LogP contribution in [-0.2, 0) is 6.54 Å². The summed E-state index contributed by atoms with van der Waals surface area (Å²) in [4.78, 5) is 4.57. The Hall–Kier alpha value is -3.52. The molecule has 3 aliphatic heterocycles. The number of nitrogens with zero attached hydrogens (tertiary/aromatic N) is 2. The van der Waals surface area contributed by atoms with Crippen LogP contribution in [0.5, 0.6) is 0 Å². The number of piperidine rings is 3. The van der Waals surface area contributed by atoms with Gasteiger partial charge in [-0.05, 0) is 51.2 Å². The van der Waals surface area contributed by atoms with E-state index in [0.717, 1.165) is 47.0 Å². The Morgan fingerprint density at radius 1 is 0.864 bits per heavy atom. The van der Waals surface area contributed by atoms with Crippen LogP contribution in [0.2, 0.25) is 0 Å². The summed E-state index contributed by atoms with van der Waals surface area (Å²) in [6.07, 6.45) is 5.72. The molecule has 232 valence electrons. The van der Waals surface area contributed by atoms with Crippen LogP contribution in [0, 0.1) is 11.8 Å². The molecule has 44 heavy (non-hydrogen) atoms. The molecule has 0 amide bonds. The molecule has 1 N–H and O–H groups in total. The molecule has 0 aliphatic carbocycles. The van der Waals surface area contributed by atoms with E-state index in [1.54, 1.807) is 0 Å². The summed E-state index contributed by atoms with van der Waals surface area (Å²) >= 11 is 0.